The van der Waals surface area contributed by atoms with E-state index in [1.54, 1.807) is 39.9 Å². The van der Waals surface area contributed by atoms with Gasteiger partial charge < -0.3 is 4.90 Å². The van der Waals surface area contributed by atoms with Crippen LogP contribution in [0.4, 0.5) is 0 Å². The normalized spacial score (nSPS) is 16.5. The van der Waals surface area contributed by atoms with Crippen LogP contribution in [0.25, 0.3) is 11.2 Å². The predicted octanol–water partition coefficient (Wildman–Crippen LogP) is 3.12. The minimum Gasteiger partial charge on any atom is -0.337 e. The molecule has 3 aromatic heterocycles. The van der Waals surface area contributed by atoms with Crippen LogP contribution in [0.15, 0.2) is 78.0 Å². The first-order chi connectivity index (χ1) is 15.2. The molecule has 1 amide bonds. The van der Waals surface area contributed by atoms with Crippen LogP contribution < -0.4 is 5.69 Å². The van der Waals surface area contributed by atoms with E-state index in [9.17, 15) is 9.59 Å². The van der Waals surface area contributed by atoms with Gasteiger partial charge in [-0.25, -0.2) is 9.78 Å². The van der Waals surface area contributed by atoms with Gasteiger partial charge in [-0.1, -0.05) is 30.3 Å². The Morgan fingerprint density at radius 3 is 2.61 bits per heavy atom. The standard InChI is InChI=1S/C24H23N5O2/c30-23(19-10-13-25-14-11-19)27-15-5-8-20(17-27)29-22-21(9-4-12-26-22)28(24(29)31)16-18-6-2-1-3-7-18/h1-4,6-7,9-14,20H,5,8,15-17H2/t20-/m0/s1. The molecule has 1 aromatic carbocycles. The number of likely N-dealkylation sites (tertiary alicyclic amines) is 1. The van der Waals surface area contributed by atoms with Crippen molar-refractivity contribution >= 4 is 17.1 Å². The zero-order valence-corrected chi connectivity index (χ0v) is 17.1. The fourth-order valence-electron chi connectivity index (χ4n) is 4.38. The number of piperidine rings is 1. The molecule has 0 spiro atoms. The van der Waals surface area contributed by atoms with E-state index in [1.165, 1.54) is 0 Å². The van der Waals surface area contributed by atoms with Gasteiger partial charge in [-0.05, 0) is 42.7 Å². The molecule has 0 radical (unpaired) electrons. The number of benzene rings is 1. The summed E-state index contributed by atoms with van der Waals surface area (Å²) in [5.74, 6) is -0.0267. The predicted molar refractivity (Wildman–Crippen MR) is 118 cm³/mol. The highest BCUT2D eigenvalue weighted by Crippen LogP contribution is 2.25. The number of carbonyl (C=O) groups excluding carboxylic acids is 1. The summed E-state index contributed by atoms with van der Waals surface area (Å²) in [6.07, 6.45) is 6.64. The van der Waals surface area contributed by atoms with Crippen molar-refractivity contribution in [3.05, 3.63) is 94.8 Å². The van der Waals surface area contributed by atoms with Gasteiger partial charge in [0.05, 0.1) is 18.1 Å². The minimum atomic E-state index is -0.110. The molecular weight excluding hydrogens is 390 g/mol. The molecule has 0 aliphatic carbocycles. The Morgan fingerprint density at radius 2 is 1.81 bits per heavy atom. The number of hydrogen-bond donors (Lipinski definition) is 0. The van der Waals surface area contributed by atoms with Crippen LogP contribution in [0.2, 0.25) is 0 Å². The molecule has 4 aromatic rings. The fourth-order valence-corrected chi connectivity index (χ4v) is 4.38. The maximum atomic E-state index is 13.5. The van der Waals surface area contributed by atoms with Crippen molar-refractivity contribution in [2.24, 2.45) is 0 Å². The number of aromatic nitrogens is 4. The highest BCUT2D eigenvalue weighted by atomic mass is 16.2. The number of hydrogen-bond acceptors (Lipinski definition) is 4. The van der Waals surface area contributed by atoms with Crippen LogP contribution in [0.5, 0.6) is 0 Å². The molecule has 0 unspecified atom stereocenters. The Kier molecular flexibility index (Phi) is 5.08. The Labute approximate surface area is 179 Å². The summed E-state index contributed by atoms with van der Waals surface area (Å²) in [5.41, 5.74) is 3.08. The second kappa shape index (κ2) is 8.18. The summed E-state index contributed by atoms with van der Waals surface area (Å²) >= 11 is 0. The molecule has 1 atom stereocenters. The van der Waals surface area contributed by atoms with Gasteiger partial charge in [0.15, 0.2) is 5.65 Å². The molecule has 0 saturated carbocycles. The van der Waals surface area contributed by atoms with Gasteiger partial charge in [-0.3, -0.25) is 18.9 Å². The smallest absolute Gasteiger partial charge is 0.330 e. The monoisotopic (exact) mass is 413 g/mol. The summed E-state index contributed by atoms with van der Waals surface area (Å²) < 4.78 is 3.56. The van der Waals surface area contributed by atoms with Gasteiger partial charge in [0, 0.05) is 37.2 Å². The van der Waals surface area contributed by atoms with Crippen LogP contribution >= 0.6 is 0 Å². The number of imidazole rings is 1. The van der Waals surface area contributed by atoms with E-state index >= 15 is 0 Å². The first-order valence-corrected chi connectivity index (χ1v) is 10.5. The van der Waals surface area contributed by atoms with Crippen molar-refractivity contribution in [3.8, 4) is 0 Å². The number of carbonyl (C=O) groups is 1. The lowest BCUT2D eigenvalue weighted by molar-refractivity contribution is 0.0679. The maximum absolute atomic E-state index is 13.5. The summed E-state index contributed by atoms with van der Waals surface area (Å²) in [6.45, 7) is 1.66. The molecule has 5 rings (SSSR count). The molecule has 0 N–H and O–H groups in total. The van der Waals surface area contributed by atoms with Crippen molar-refractivity contribution in [1.29, 1.82) is 0 Å². The third-order valence-corrected chi connectivity index (χ3v) is 5.88. The lowest BCUT2D eigenvalue weighted by atomic mass is 10.0. The van der Waals surface area contributed by atoms with Crippen LogP contribution in [-0.4, -0.2) is 43.0 Å². The number of pyridine rings is 2. The third kappa shape index (κ3) is 3.63. The molecule has 1 aliphatic rings. The Balaban J connectivity index is 1.50. The zero-order chi connectivity index (χ0) is 21.2. The molecular formula is C24H23N5O2. The largest absolute Gasteiger partial charge is 0.337 e. The van der Waals surface area contributed by atoms with Crippen LogP contribution in [0.1, 0.15) is 34.8 Å². The summed E-state index contributed by atoms with van der Waals surface area (Å²) in [6, 6.07) is 17.1. The molecule has 0 bridgehead atoms. The Morgan fingerprint density at radius 1 is 1.00 bits per heavy atom. The molecule has 31 heavy (non-hydrogen) atoms. The van der Waals surface area contributed by atoms with E-state index in [4.69, 9.17) is 0 Å². The van der Waals surface area contributed by atoms with Gasteiger partial charge in [0.25, 0.3) is 5.91 Å². The molecule has 1 aliphatic heterocycles. The molecule has 1 saturated heterocycles. The fraction of sp³-hybridized carbons (Fsp3) is 0.250. The average molecular weight is 413 g/mol. The van der Waals surface area contributed by atoms with Crippen LogP contribution in [-0.2, 0) is 6.54 Å². The molecule has 7 nitrogen and oxygen atoms in total. The molecule has 156 valence electrons. The van der Waals surface area contributed by atoms with Gasteiger partial charge in [-0.15, -0.1) is 0 Å². The van der Waals surface area contributed by atoms with Gasteiger partial charge in [-0.2, -0.15) is 0 Å². The molecule has 7 heteroatoms. The highest BCUT2D eigenvalue weighted by molar-refractivity contribution is 5.94. The van der Waals surface area contributed by atoms with Crippen molar-refractivity contribution in [2.75, 3.05) is 13.1 Å². The van der Waals surface area contributed by atoms with E-state index in [0.29, 0.717) is 30.8 Å². The zero-order valence-electron chi connectivity index (χ0n) is 17.1. The summed E-state index contributed by atoms with van der Waals surface area (Å²) in [7, 11) is 0. The molecule has 1 fully saturated rings. The summed E-state index contributed by atoms with van der Waals surface area (Å²) in [5, 5.41) is 0. The van der Waals surface area contributed by atoms with Crippen molar-refractivity contribution in [1.82, 2.24) is 24.0 Å². The maximum Gasteiger partial charge on any atom is 0.330 e. The number of nitrogens with zero attached hydrogens (tertiary/aromatic N) is 5. The van der Waals surface area contributed by atoms with Gasteiger partial charge in [0.2, 0.25) is 0 Å². The van der Waals surface area contributed by atoms with Crippen molar-refractivity contribution in [2.45, 2.75) is 25.4 Å². The van der Waals surface area contributed by atoms with Crippen molar-refractivity contribution in [3.63, 3.8) is 0 Å². The van der Waals surface area contributed by atoms with E-state index in [0.717, 1.165) is 23.9 Å². The lowest BCUT2D eigenvalue weighted by Gasteiger charge is -2.33. The third-order valence-electron chi connectivity index (χ3n) is 5.88. The number of amides is 1. The van der Waals surface area contributed by atoms with Crippen molar-refractivity contribution < 1.29 is 4.79 Å². The minimum absolute atomic E-state index is 0.0267. The van der Waals surface area contributed by atoms with Crippen LogP contribution in [0, 0.1) is 0 Å². The van der Waals surface area contributed by atoms with Gasteiger partial charge >= 0.3 is 5.69 Å². The SMILES string of the molecule is O=C(c1ccncc1)N1CCC[C@H](n2c(=O)n(Cc3ccccc3)c3cccnc32)C1. The van der Waals surface area contributed by atoms with Gasteiger partial charge in [0.1, 0.15) is 0 Å². The topological polar surface area (TPSA) is 73.0 Å². The Bertz CT molecular complexity index is 1260. The Hall–Kier alpha value is -3.74. The number of rotatable bonds is 4. The van der Waals surface area contributed by atoms with E-state index < -0.39 is 0 Å². The first kappa shape index (κ1) is 19.2. The number of fused-ring (bicyclic) bond motifs is 1. The quantitative estimate of drug-likeness (QED) is 0.515. The van der Waals surface area contributed by atoms with E-state index in [1.807, 2.05) is 47.4 Å². The first-order valence-electron chi connectivity index (χ1n) is 10.5. The summed E-state index contributed by atoms with van der Waals surface area (Å²) in [4.78, 5) is 36.8. The second-order valence-electron chi connectivity index (χ2n) is 7.85. The van der Waals surface area contributed by atoms with Crippen LogP contribution in [0.3, 0.4) is 0 Å². The lowest BCUT2D eigenvalue weighted by Crippen LogP contribution is -2.43. The highest BCUT2D eigenvalue weighted by Gasteiger charge is 2.29. The van der Waals surface area contributed by atoms with E-state index in [2.05, 4.69) is 9.97 Å². The average Bonchev–Trinajstić information content (AvgIpc) is 3.11. The second-order valence-corrected chi connectivity index (χ2v) is 7.85. The van der Waals surface area contributed by atoms with E-state index in [-0.39, 0.29) is 17.6 Å². The molecule has 4 heterocycles.